The number of nitrogens with one attached hydrogen (secondary N) is 1. The molecule has 2 rings (SSSR count). The minimum Gasteiger partial charge on any atom is -0.505 e. The van der Waals surface area contributed by atoms with Crippen LogP contribution in [-0.4, -0.2) is 11.7 Å². The van der Waals surface area contributed by atoms with Crippen molar-refractivity contribution in [1.29, 1.82) is 0 Å². The molecular weight excluding hydrogens is 206 g/mol. The van der Waals surface area contributed by atoms with Crippen LogP contribution >= 0.6 is 15.9 Å². The molecule has 1 aromatic rings. The maximum Gasteiger partial charge on any atom is 0.153 e. The van der Waals surface area contributed by atoms with Gasteiger partial charge in [-0.25, -0.2) is 0 Å². The molecule has 0 unspecified atom stereocenters. The fraction of sp³-hybridized carbons (Fsp3) is 0.250. The Morgan fingerprint density at radius 2 is 2.27 bits per heavy atom. The SMILES string of the molecule is Oc1c(Br)ccc2c1NCC2. The first-order valence-corrected chi connectivity index (χ1v) is 4.32. The van der Waals surface area contributed by atoms with E-state index in [1.807, 2.05) is 12.1 Å². The van der Waals surface area contributed by atoms with Gasteiger partial charge in [0.1, 0.15) is 0 Å². The number of phenols is 1. The second kappa shape index (κ2) is 2.41. The second-order valence-electron chi connectivity index (χ2n) is 2.61. The largest absolute Gasteiger partial charge is 0.505 e. The van der Waals surface area contributed by atoms with Crippen LogP contribution in [0.2, 0.25) is 0 Å². The van der Waals surface area contributed by atoms with Gasteiger partial charge in [0, 0.05) is 6.54 Å². The van der Waals surface area contributed by atoms with E-state index >= 15 is 0 Å². The molecule has 0 aliphatic carbocycles. The Morgan fingerprint density at radius 1 is 1.45 bits per heavy atom. The van der Waals surface area contributed by atoms with Crippen molar-refractivity contribution < 1.29 is 5.11 Å². The molecule has 2 N–H and O–H groups in total. The van der Waals surface area contributed by atoms with E-state index < -0.39 is 0 Å². The molecule has 2 nitrogen and oxygen atoms in total. The van der Waals surface area contributed by atoms with E-state index in [-0.39, 0.29) is 0 Å². The van der Waals surface area contributed by atoms with E-state index in [0.29, 0.717) is 5.75 Å². The number of hydrogen-bond acceptors (Lipinski definition) is 2. The first-order chi connectivity index (χ1) is 5.29. The molecule has 0 saturated carbocycles. The summed E-state index contributed by atoms with van der Waals surface area (Å²) < 4.78 is 0.755. The summed E-state index contributed by atoms with van der Waals surface area (Å²) in [6.45, 7) is 0.930. The van der Waals surface area contributed by atoms with Crippen LogP contribution < -0.4 is 5.32 Å². The lowest BCUT2D eigenvalue weighted by atomic mass is 10.1. The number of rotatable bonds is 0. The molecule has 0 atom stereocenters. The number of halogens is 1. The first-order valence-electron chi connectivity index (χ1n) is 3.53. The molecule has 1 aliphatic heterocycles. The van der Waals surface area contributed by atoms with Crippen LogP contribution in [0.15, 0.2) is 16.6 Å². The zero-order valence-electron chi connectivity index (χ0n) is 5.89. The highest BCUT2D eigenvalue weighted by Gasteiger charge is 2.15. The van der Waals surface area contributed by atoms with Crippen molar-refractivity contribution >= 4 is 21.6 Å². The Bertz CT molecular complexity index is 298. The number of anilines is 1. The Morgan fingerprint density at radius 3 is 3.09 bits per heavy atom. The highest BCUT2D eigenvalue weighted by Crippen LogP contribution is 2.37. The number of fused-ring (bicyclic) bond motifs is 1. The Balaban J connectivity index is 2.62. The summed E-state index contributed by atoms with van der Waals surface area (Å²) in [5, 5.41) is 12.6. The minimum atomic E-state index is 0.333. The molecule has 0 saturated heterocycles. The number of benzene rings is 1. The van der Waals surface area contributed by atoms with Crippen molar-refractivity contribution in [3.05, 3.63) is 22.2 Å². The molecule has 11 heavy (non-hydrogen) atoms. The van der Waals surface area contributed by atoms with Crippen molar-refractivity contribution in [3.8, 4) is 5.75 Å². The predicted molar refractivity (Wildman–Crippen MR) is 48.0 cm³/mol. The topological polar surface area (TPSA) is 32.3 Å². The lowest BCUT2D eigenvalue weighted by Gasteiger charge is -2.03. The molecule has 1 heterocycles. The Labute approximate surface area is 73.4 Å². The molecule has 3 heteroatoms. The molecule has 1 aliphatic rings. The molecule has 0 radical (unpaired) electrons. The smallest absolute Gasteiger partial charge is 0.153 e. The summed E-state index contributed by atoms with van der Waals surface area (Å²) in [6.07, 6.45) is 1.01. The van der Waals surface area contributed by atoms with Gasteiger partial charge in [-0.3, -0.25) is 0 Å². The summed E-state index contributed by atoms with van der Waals surface area (Å²) in [5.74, 6) is 0.333. The van der Waals surface area contributed by atoms with Gasteiger partial charge in [-0.15, -0.1) is 0 Å². The van der Waals surface area contributed by atoms with Gasteiger partial charge in [0.25, 0.3) is 0 Å². The third-order valence-electron chi connectivity index (χ3n) is 1.91. The van der Waals surface area contributed by atoms with Crippen molar-refractivity contribution in [2.24, 2.45) is 0 Å². The van der Waals surface area contributed by atoms with Crippen molar-refractivity contribution in [3.63, 3.8) is 0 Å². The zero-order valence-corrected chi connectivity index (χ0v) is 7.48. The molecule has 1 aromatic carbocycles. The zero-order chi connectivity index (χ0) is 7.84. The van der Waals surface area contributed by atoms with Crippen molar-refractivity contribution in [1.82, 2.24) is 0 Å². The Kier molecular flexibility index (Phi) is 1.53. The van der Waals surface area contributed by atoms with Gasteiger partial charge in [-0.2, -0.15) is 0 Å². The monoisotopic (exact) mass is 213 g/mol. The molecule has 0 bridgehead atoms. The van der Waals surface area contributed by atoms with Gasteiger partial charge in [-0.1, -0.05) is 6.07 Å². The van der Waals surface area contributed by atoms with Gasteiger partial charge in [0.05, 0.1) is 10.2 Å². The molecule has 58 valence electrons. The molecule has 0 aromatic heterocycles. The summed E-state index contributed by atoms with van der Waals surface area (Å²) in [6, 6.07) is 3.90. The molecule has 0 fully saturated rings. The minimum absolute atomic E-state index is 0.333. The molecule has 0 spiro atoms. The number of phenolic OH excluding ortho intramolecular Hbond substituents is 1. The fourth-order valence-electron chi connectivity index (χ4n) is 1.34. The van der Waals surface area contributed by atoms with Crippen LogP contribution in [-0.2, 0) is 6.42 Å². The predicted octanol–water partition coefficient (Wildman–Crippen LogP) is 2.12. The van der Waals surface area contributed by atoms with Gasteiger partial charge >= 0.3 is 0 Å². The lowest BCUT2D eigenvalue weighted by Crippen LogP contribution is -1.91. The lowest BCUT2D eigenvalue weighted by molar-refractivity contribution is 0.474. The summed E-state index contributed by atoms with van der Waals surface area (Å²) in [4.78, 5) is 0. The second-order valence-corrected chi connectivity index (χ2v) is 3.46. The van der Waals surface area contributed by atoms with Crippen LogP contribution in [0.5, 0.6) is 5.75 Å². The standard InChI is InChI=1S/C8H8BrNO/c9-6-2-1-5-3-4-10-7(5)8(6)11/h1-2,10-11H,3-4H2. The van der Waals surface area contributed by atoms with Crippen molar-refractivity contribution in [2.45, 2.75) is 6.42 Å². The van der Waals surface area contributed by atoms with Crippen LogP contribution in [0.1, 0.15) is 5.56 Å². The van der Waals surface area contributed by atoms with Crippen molar-refractivity contribution in [2.75, 3.05) is 11.9 Å². The maximum absolute atomic E-state index is 9.51. The van der Waals surface area contributed by atoms with Gasteiger partial charge < -0.3 is 10.4 Å². The number of aromatic hydroxyl groups is 1. The molecular formula is C8H8BrNO. The van der Waals surface area contributed by atoms with Gasteiger partial charge in [0.15, 0.2) is 5.75 Å². The van der Waals surface area contributed by atoms with E-state index in [0.717, 1.165) is 23.1 Å². The van der Waals surface area contributed by atoms with Crippen LogP contribution in [0.4, 0.5) is 5.69 Å². The third-order valence-corrected chi connectivity index (χ3v) is 2.55. The average molecular weight is 214 g/mol. The molecule has 0 amide bonds. The van der Waals surface area contributed by atoms with Crippen LogP contribution in [0.3, 0.4) is 0 Å². The van der Waals surface area contributed by atoms with E-state index in [2.05, 4.69) is 21.2 Å². The van der Waals surface area contributed by atoms with Gasteiger partial charge in [0.2, 0.25) is 0 Å². The van der Waals surface area contributed by atoms with Crippen LogP contribution in [0, 0.1) is 0 Å². The fourth-order valence-corrected chi connectivity index (χ4v) is 1.67. The van der Waals surface area contributed by atoms with Crippen LogP contribution in [0.25, 0.3) is 0 Å². The quantitative estimate of drug-likeness (QED) is 0.648. The van der Waals surface area contributed by atoms with E-state index in [9.17, 15) is 5.11 Å². The maximum atomic E-state index is 9.51. The van der Waals surface area contributed by atoms with E-state index in [1.54, 1.807) is 0 Å². The Hall–Kier alpha value is -0.700. The van der Waals surface area contributed by atoms with E-state index in [4.69, 9.17) is 0 Å². The number of hydrogen-bond donors (Lipinski definition) is 2. The highest BCUT2D eigenvalue weighted by molar-refractivity contribution is 9.10. The van der Waals surface area contributed by atoms with E-state index in [1.165, 1.54) is 5.56 Å². The third kappa shape index (κ3) is 0.997. The summed E-state index contributed by atoms with van der Waals surface area (Å²) >= 11 is 3.26. The summed E-state index contributed by atoms with van der Waals surface area (Å²) in [5.41, 5.74) is 2.09. The average Bonchev–Trinajstić information content (AvgIpc) is 2.45. The normalized spacial score (nSPS) is 14.3. The van der Waals surface area contributed by atoms with Gasteiger partial charge in [-0.05, 0) is 34.0 Å². The first kappa shape index (κ1) is 6.98. The summed E-state index contributed by atoms with van der Waals surface area (Å²) in [7, 11) is 0. The highest BCUT2D eigenvalue weighted by atomic mass is 79.9.